The molecule has 0 unspecified atom stereocenters. The number of hydrogen-bond donors (Lipinski definition) is 1. The molecule has 1 amide bonds. The molecule has 2 aromatic heterocycles. The van der Waals surface area contributed by atoms with Gasteiger partial charge in [-0.1, -0.05) is 18.2 Å². The third-order valence-electron chi connectivity index (χ3n) is 5.44. The van der Waals surface area contributed by atoms with E-state index in [2.05, 4.69) is 15.4 Å². The van der Waals surface area contributed by atoms with E-state index in [1.807, 2.05) is 12.1 Å². The van der Waals surface area contributed by atoms with Crippen molar-refractivity contribution in [3.63, 3.8) is 0 Å². The minimum atomic E-state index is -4.45. The number of amides is 1. The van der Waals surface area contributed by atoms with E-state index in [1.54, 1.807) is 56.6 Å². The van der Waals surface area contributed by atoms with Gasteiger partial charge in [0, 0.05) is 41.0 Å². The number of anilines is 1. The third-order valence-corrected chi connectivity index (χ3v) is 5.44. The van der Waals surface area contributed by atoms with Crippen molar-refractivity contribution >= 4 is 11.6 Å². The lowest BCUT2D eigenvalue weighted by Gasteiger charge is -2.11. The van der Waals surface area contributed by atoms with Gasteiger partial charge in [-0.15, -0.1) is 0 Å². The zero-order valence-electron chi connectivity index (χ0n) is 19.1. The fraction of sp³-hybridized carbons (Fsp3) is 0.192. The molecule has 0 saturated carbocycles. The number of pyridine rings is 1. The average molecular weight is 480 g/mol. The van der Waals surface area contributed by atoms with Crippen molar-refractivity contribution < 1.29 is 22.7 Å². The van der Waals surface area contributed by atoms with Crippen LogP contribution < -0.4 is 10.1 Å². The molecule has 0 fully saturated rings. The molecule has 4 rings (SSSR count). The van der Waals surface area contributed by atoms with E-state index >= 15 is 0 Å². The highest BCUT2D eigenvalue weighted by atomic mass is 19.4. The van der Waals surface area contributed by atoms with Crippen LogP contribution in [0.15, 0.2) is 73.1 Å². The van der Waals surface area contributed by atoms with Crippen LogP contribution in [0, 0.1) is 13.8 Å². The van der Waals surface area contributed by atoms with Crippen LogP contribution >= 0.6 is 0 Å². The summed E-state index contributed by atoms with van der Waals surface area (Å²) < 4.78 is 46.6. The van der Waals surface area contributed by atoms with Gasteiger partial charge in [-0.2, -0.15) is 18.3 Å². The zero-order valence-corrected chi connectivity index (χ0v) is 19.1. The van der Waals surface area contributed by atoms with Crippen LogP contribution in [0.3, 0.4) is 0 Å². The van der Waals surface area contributed by atoms with Gasteiger partial charge in [-0.25, -0.2) is 4.68 Å². The van der Waals surface area contributed by atoms with Crippen LogP contribution in [-0.2, 0) is 24.0 Å². The Morgan fingerprint density at radius 2 is 1.86 bits per heavy atom. The number of hydrogen-bond acceptors (Lipinski definition) is 4. The van der Waals surface area contributed by atoms with Gasteiger partial charge in [-0.05, 0) is 50.2 Å². The molecule has 4 aromatic rings. The van der Waals surface area contributed by atoms with Gasteiger partial charge in [-0.3, -0.25) is 9.78 Å². The summed E-state index contributed by atoms with van der Waals surface area (Å²) in [6.07, 6.45) is -1.02. The average Bonchev–Trinajstić information content (AvgIpc) is 3.11. The summed E-state index contributed by atoms with van der Waals surface area (Å²) in [5, 5.41) is 7.22. The fourth-order valence-corrected chi connectivity index (χ4v) is 3.68. The summed E-state index contributed by atoms with van der Waals surface area (Å²) in [5.41, 5.74) is 2.85. The van der Waals surface area contributed by atoms with E-state index in [4.69, 9.17) is 4.74 Å². The van der Waals surface area contributed by atoms with Gasteiger partial charge in [0.25, 0.3) is 0 Å². The van der Waals surface area contributed by atoms with Crippen molar-refractivity contribution in [2.75, 3.05) is 5.32 Å². The summed E-state index contributed by atoms with van der Waals surface area (Å²) in [4.78, 5) is 16.8. The van der Waals surface area contributed by atoms with Gasteiger partial charge in [0.15, 0.2) is 0 Å². The summed E-state index contributed by atoms with van der Waals surface area (Å²) in [7, 11) is 0. The Balaban J connectivity index is 1.45. The maximum absolute atomic E-state index is 13.1. The van der Waals surface area contributed by atoms with Gasteiger partial charge in [0.2, 0.25) is 5.91 Å². The number of carbonyl (C=O) groups excluding carboxylic acids is 1. The SMILES string of the molecule is Cc1nn(-c2cccc(C(F)(F)F)c2)c(C)c1CC(=O)Nc1cccc(OCc2cccnc2)c1. The molecular formula is C26H23F3N4O2. The lowest BCUT2D eigenvalue weighted by Crippen LogP contribution is -2.15. The van der Waals surface area contributed by atoms with Crippen molar-refractivity contribution in [2.45, 2.75) is 33.1 Å². The second kappa shape index (κ2) is 10.0. The molecule has 2 aromatic carbocycles. The van der Waals surface area contributed by atoms with Crippen molar-refractivity contribution in [3.8, 4) is 11.4 Å². The minimum Gasteiger partial charge on any atom is -0.489 e. The maximum atomic E-state index is 13.1. The van der Waals surface area contributed by atoms with E-state index in [9.17, 15) is 18.0 Å². The molecule has 9 heteroatoms. The molecular weight excluding hydrogens is 457 g/mol. The zero-order chi connectivity index (χ0) is 25.0. The monoisotopic (exact) mass is 480 g/mol. The van der Waals surface area contributed by atoms with Crippen molar-refractivity contribution in [3.05, 3.63) is 101 Å². The number of aryl methyl sites for hydroxylation is 1. The number of rotatable bonds is 7. The van der Waals surface area contributed by atoms with Gasteiger partial charge in [0.1, 0.15) is 12.4 Å². The molecule has 0 bridgehead atoms. The molecule has 0 atom stereocenters. The predicted molar refractivity (Wildman–Crippen MR) is 125 cm³/mol. The van der Waals surface area contributed by atoms with Crippen LogP contribution in [0.1, 0.15) is 28.1 Å². The topological polar surface area (TPSA) is 69.0 Å². The lowest BCUT2D eigenvalue weighted by molar-refractivity contribution is -0.137. The smallest absolute Gasteiger partial charge is 0.416 e. The summed E-state index contributed by atoms with van der Waals surface area (Å²) in [6.45, 7) is 3.81. The Morgan fingerprint density at radius 3 is 2.60 bits per heavy atom. The van der Waals surface area contributed by atoms with Crippen molar-refractivity contribution in [2.24, 2.45) is 0 Å². The normalized spacial score (nSPS) is 11.3. The van der Waals surface area contributed by atoms with Crippen LogP contribution in [0.25, 0.3) is 5.69 Å². The summed E-state index contributed by atoms with van der Waals surface area (Å²) >= 11 is 0. The van der Waals surface area contributed by atoms with Crippen LogP contribution in [-0.4, -0.2) is 20.7 Å². The van der Waals surface area contributed by atoms with Crippen LogP contribution in [0.2, 0.25) is 0 Å². The first kappa shape index (κ1) is 24.0. The molecule has 0 spiro atoms. The number of halogens is 3. The van der Waals surface area contributed by atoms with E-state index in [0.717, 1.165) is 17.7 Å². The van der Waals surface area contributed by atoms with Gasteiger partial charge >= 0.3 is 6.18 Å². The lowest BCUT2D eigenvalue weighted by atomic mass is 10.1. The number of nitrogens with one attached hydrogen (secondary N) is 1. The molecule has 1 N–H and O–H groups in total. The van der Waals surface area contributed by atoms with Gasteiger partial charge < -0.3 is 10.1 Å². The molecule has 0 radical (unpaired) electrons. The number of carbonyl (C=O) groups is 1. The molecule has 35 heavy (non-hydrogen) atoms. The molecule has 0 aliphatic carbocycles. The number of nitrogens with zero attached hydrogens (tertiary/aromatic N) is 3. The maximum Gasteiger partial charge on any atom is 0.416 e. The molecule has 2 heterocycles. The highest BCUT2D eigenvalue weighted by Gasteiger charge is 2.30. The standard InChI is InChI=1S/C26H23F3N4O2/c1-17-24(18(2)33(32-17)22-9-3-7-20(12-22)26(27,28)29)14-25(34)31-21-8-4-10-23(13-21)35-16-19-6-5-11-30-15-19/h3-13,15H,14,16H2,1-2H3,(H,31,34). The Kier molecular flexibility index (Phi) is 6.86. The van der Waals surface area contributed by atoms with Crippen LogP contribution in [0.4, 0.5) is 18.9 Å². The largest absolute Gasteiger partial charge is 0.489 e. The first-order valence-corrected chi connectivity index (χ1v) is 10.8. The van der Waals surface area contributed by atoms with E-state index < -0.39 is 11.7 Å². The van der Waals surface area contributed by atoms with Crippen molar-refractivity contribution in [1.82, 2.24) is 14.8 Å². The second-order valence-electron chi connectivity index (χ2n) is 8.01. The molecule has 0 saturated heterocycles. The van der Waals surface area contributed by atoms with E-state index in [-0.39, 0.29) is 18.0 Å². The molecule has 6 nitrogen and oxygen atoms in total. The number of ether oxygens (including phenoxy) is 1. The highest BCUT2D eigenvalue weighted by molar-refractivity contribution is 5.92. The third kappa shape index (κ3) is 5.87. The minimum absolute atomic E-state index is 0.0252. The van der Waals surface area contributed by atoms with E-state index in [1.165, 1.54) is 10.7 Å². The Hall–Kier alpha value is -4.14. The highest BCUT2D eigenvalue weighted by Crippen LogP contribution is 2.31. The molecule has 0 aliphatic heterocycles. The molecule has 180 valence electrons. The first-order chi connectivity index (χ1) is 16.7. The Bertz CT molecular complexity index is 1330. The summed E-state index contributed by atoms with van der Waals surface area (Å²) in [6, 6.07) is 15.7. The van der Waals surface area contributed by atoms with Gasteiger partial charge in [0.05, 0.1) is 23.4 Å². The number of aromatic nitrogens is 3. The van der Waals surface area contributed by atoms with Crippen LogP contribution in [0.5, 0.6) is 5.75 Å². The second-order valence-corrected chi connectivity index (χ2v) is 8.01. The summed E-state index contributed by atoms with van der Waals surface area (Å²) in [5.74, 6) is 0.320. The number of alkyl halides is 3. The predicted octanol–water partition coefficient (Wildman–Crippen LogP) is 5.66. The van der Waals surface area contributed by atoms with E-state index in [0.29, 0.717) is 35.0 Å². The van der Waals surface area contributed by atoms with Crippen molar-refractivity contribution in [1.29, 1.82) is 0 Å². The Labute approximate surface area is 200 Å². The fourth-order valence-electron chi connectivity index (χ4n) is 3.68. The quantitative estimate of drug-likeness (QED) is 0.371. The first-order valence-electron chi connectivity index (χ1n) is 10.8. The Morgan fingerprint density at radius 1 is 1.06 bits per heavy atom. The molecule has 0 aliphatic rings. The number of benzene rings is 2.